The van der Waals surface area contributed by atoms with Crippen LogP contribution < -0.4 is 10.6 Å². The van der Waals surface area contributed by atoms with Gasteiger partial charge < -0.3 is 15.4 Å². The molecule has 0 bridgehead atoms. The molecule has 3 aromatic rings. The van der Waals surface area contributed by atoms with E-state index in [9.17, 15) is 4.39 Å². The molecule has 28 heavy (non-hydrogen) atoms. The Labute approximate surface area is 180 Å². The van der Waals surface area contributed by atoms with Crippen LogP contribution in [0.25, 0.3) is 5.65 Å². The van der Waals surface area contributed by atoms with E-state index in [1.54, 1.807) is 19.2 Å². The fraction of sp³-hybridized carbons (Fsp3) is 0.316. The average Bonchev–Trinajstić information content (AvgIpc) is 3.11. The van der Waals surface area contributed by atoms with Crippen LogP contribution in [-0.4, -0.2) is 40.8 Å². The Kier molecular flexibility index (Phi) is 8.58. The van der Waals surface area contributed by atoms with Crippen LogP contribution >= 0.6 is 24.0 Å². The van der Waals surface area contributed by atoms with Crippen LogP contribution in [0, 0.1) is 5.82 Å². The summed E-state index contributed by atoms with van der Waals surface area (Å²) < 4.78 is 20.5. The highest BCUT2D eigenvalue weighted by atomic mass is 127. The predicted molar refractivity (Wildman–Crippen MR) is 117 cm³/mol. The van der Waals surface area contributed by atoms with Crippen LogP contribution in [0.2, 0.25) is 0 Å². The topological polar surface area (TPSA) is 75.8 Å². The van der Waals surface area contributed by atoms with Crippen LogP contribution in [0.3, 0.4) is 0 Å². The Balaban J connectivity index is 0.00000280. The van der Waals surface area contributed by atoms with E-state index in [1.807, 2.05) is 35.7 Å². The average molecular weight is 498 g/mol. The maximum atomic E-state index is 13.1. The number of hydrogen-bond donors (Lipinski definition) is 2. The van der Waals surface area contributed by atoms with Gasteiger partial charge in [-0.15, -0.1) is 34.2 Å². The number of aliphatic imine (C=N–C) groups is 1. The Morgan fingerprint density at radius 1 is 1.18 bits per heavy atom. The van der Waals surface area contributed by atoms with Crippen molar-refractivity contribution < 1.29 is 9.13 Å². The molecule has 0 amide bonds. The summed E-state index contributed by atoms with van der Waals surface area (Å²) in [5.74, 6) is 1.14. The van der Waals surface area contributed by atoms with Gasteiger partial charge in [-0.05, 0) is 36.8 Å². The molecule has 0 fully saturated rings. The number of halogens is 2. The predicted octanol–water partition coefficient (Wildman–Crippen LogP) is 2.93. The summed E-state index contributed by atoms with van der Waals surface area (Å²) in [4.78, 5) is 4.58. The fourth-order valence-corrected chi connectivity index (χ4v) is 2.69. The number of nitrogens with zero attached hydrogens (tertiary/aromatic N) is 4. The molecular formula is C19H24FIN6O. The van der Waals surface area contributed by atoms with Crippen molar-refractivity contribution in [2.24, 2.45) is 4.99 Å². The van der Waals surface area contributed by atoms with Crippen LogP contribution in [-0.2, 0) is 11.3 Å². The summed E-state index contributed by atoms with van der Waals surface area (Å²) in [6.45, 7) is 3.60. The lowest BCUT2D eigenvalue weighted by atomic mass is 10.1. The highest BCUT2D eigenvalue weighted by molar-refractivity contribution is 14.0. The molecule has 3 rings (SSSR count). The Bertz CT molecular complexity index is 899. The molecular weight excluding hydrogens is 474 g/mol. The molecule has 0 spiro atoms. The zero-order chi connectivity index (χ0) is 19.1. The fourth-order valence-electron chi connectivity index (χ4n) is 2.69. The highest BCUT2D eigenvalue weighted by Crippen LogP contribution is 2.16. The van der Waals surface area contributed by atoms with Crippen molar-refractivity contribution in [3.8, 4) is 0 Å². The van der Waals surface area contributed by atoms with Gasteiger partial charge in [0.05, 0.1) is 6.10 Å². The van der Waals surface area contributed by atoms with E-state index in [2.05, 4.69) is 25.8 Å². The van der Waals surface area contributed by atoms with Gasteiger partial charge in [0.15, 0.2) is 17.4 Å². The number of nitrogens with one attached hydrogen (secondary N) is 2. The second-order valence-electron chi connectivity index (χ2n) is 5.90. The first-order valence-corrected chi connectivity index (χ1v) is 8.80. The highest BCUT2D eigenvalue weighted by Gasteiger charge is 2.12. The third-order valence-electron chi connectivity index (χ3n) is 4.09. The number of fused-ring (bicyclic) bond motifs is 1. The Hall–Kier alpha value is -2.27. The van der Waals surface area contributed by atoms with E-state index in [0.717, 1.165) is 23.6 Å². The number of pyridine rings is 1. The standard InChI is InChI=1S/C19H23FN6O.HI/c1-3-21-19(22-12-16(27-2)14-7-9-15(20)10-8-14)23-13-18-25-24-17-6-4-5-11-26(17)18;/h4-11,16H,3,12-13H2,1-2H3,(H2,21,22,23);1H. The zero-order valence-electron chi connectivity index (χ0n) is 15.8. The number of hydrogen-bond acceptors (Lipinski definition) is 4. The van der Waals surface area contributed by atoms with Crippen molar-refractivity contribution >= 4 is 35.6 Å². The minimum atomic E-state index is -0.267. The second kappa shape index (κ2) is 10.9. The van der Waals surface area contributed by atoms with Crippen molar-refractivity contribution in [2.75, 3.05) is 20.2 Å². The summed E-state index contributed by atoms with van der Waals surface area (Å²) >= 11 is 0. The van der Waals surface area contributed by atoms with Gasteiger partial charge in [-0.2, -0.15) is 0 Å². The first-order chi connectivity index (χ1) is 13.2. The van der Waals surface area contributed by atoms with Gasteiger partial charge in [0.25, 0.3) is 0 Å². The van der Waals surface area contributed by atoms with Crippen molar-refractivity contribution in [2.45, 2.75) is 19.6 Å². The number of methoxy groups -OCH3 is 1. The van der Waals surface area contributed by atoms with Crippen molar-refractivity contribution in [1.29, 1.82) is 0 Å². The summed E-state index contributed by atoms with van der Waals surface area (Å²) in [7, 11) is 1.63. The van der Waals surface area contributed by atoms with Crippen LogP contribution in [0.1, 0.15) is 24.4 Å². The molecule has 2 N–H and O–H groups in total. The lowest BCUT2D eigenvalue weighted by Crippen LogP contribution is -2.39. The van der Waals surface area contributed by atoms with Gasteiger partial charge in [0.2, 0.25) is 0 Å². The summed E-state index contributed by atoms with van der Waals surface area (Å²) in [6, 6.07) is 12.0. The van der Waals surface area contributed by atoms with E-state index in [0.29, 0.717) is 19.0 Å². The van der Waals surface area contributed by atoms with Gasteiger partial charge in [0.1, 0.15) is 12.4 Å². The van der Waals surface area contributed by atoms with E-state index in [1.165, 1.54) is 12.1 Å². The van der Waals surface area contributed by atoms with Crippen LogP contribution in [0.4, 0.5) is 4.39 Å². The normalized spacial score (nSPS) is 12.5. The maximum Gasteiger partial charge on any atom is 0.191 e. The number of aromatic nitrogens is 3. The SMILES string of the molecule is CCNC(=NCc1nnc2ccccn12)NCC(OC)c1ccc(F)cc1.I. The summed E-state index contributed by atoms with van der Waals surface area (Å²) in [5, 5.41) is 14.8. The Morgan fingerprint density at radius 3 is 2.68 bits per heavy atom. The lowest BCUT2D eigenvalue weighted by Gasteiger charge is -2.18. The molecule has 9 heteroatoms. The smallest absolute Gasteiger partial charge is 0.191 e. The molecule has 0 aliphatic heterocycles. The first kappa shape index (κ1) is 22.0. The molecule has 2 aromatic heterocycles. The minimum Gasteiger partial charge on any atom is -0.375 e. The lowest BCUT2D eigenvalue weighted by molar-refractivity contribution is 0.106. The molecule has 0 aliphatic rings. The summed E-state index contributed by atoms with van der Waals surface area (Å²) in [6.07, 6.45) is 1.69. The molecule has 2 heterocycles. The first-order valence-electron chi connectivity index (χ1n) is 8.80. The monoisotopic (exact) mass is 498 g/mol. The molecule has 1 unspecified atom stereocenters. The molecule has 0 radical (unpaired) electrons. The van der Waals surface area contributed by atoms with Gasteiger partial charge in [0, 0.05) is 26.4 Å². The largest absolute Gasteiger partial charge is 0.375 e. The number of guanidine groups is 1. The molecule has 0 saturated carbocycles. The van der Waals surface area contributed by atoms with Crippen molar-refractivity contribution in [1.82, 2.24) is 25.2 Å². The van der Waals surface area contributed by atoms with Gasteiger partial charge in [-0.3, -0.25) is 4.40 Å². The van der Waals surface area contributed by atoms with E-state index >= 15 is 0 Å². The molecule has 7 nitrogen and oxygen atoms in total. The third-order valence-corrected chi connectivity index (χ3v) is 4.09. The van der Waals surface area contributed by atoms with Crippen LogP contribution in [0.15, 0.2) is 53.7 Å². The van der Waals surface area contributed by atoms with Gasteiger partial charge in [-0.1, -0.05) is 18.2 Å². The maximum absolute atomic E-state index is 13.1. The van der Waals surface area contributed by atoms with Crippen molar-refractivity contribution in [3.05, 3.63) is 65.9 Å². The van der Waals surface area contributed by atoms with Crippen molar-refractivity contribution in [3.63, 3.8) is 0 Å². The minimum absolute atomic E-state index is 0. The number of ether oxygens (including phenoxy) is 1. The molecule has 150 valence electrons. The molecule has 1 aromatic carbocycles. The zero-order valence-corrected chi connectivity index (χ0v) is 18.1. The van der Waals surface area contributed by atoms with E-state index < -0.39 is 0 Å². The quantitative estimate of drug-likeness (QED) is 0.298. The molecule has 0 aliphatic carbocycles. The Morgan fingerprint density at radius 2 is 1.96 bits per heavy atom. The molecule has 0 saturated heterocycles. The van der Waals surface area contributed by atoms with E-state index in [-0.39, 0.29) is 35.9 Å². The molecule has 1 atom stereocenters. The third kappa shape index (κ3) is 5.61. The van der Waals surface area contributed by atoms with Gasteiger partial charge >= 0.3 is 0 Å². The second-order valence-corrected chi connectivity index (χ2v) is 5.90. The van der Waals surface area contributed by atoms with Crippen LogP contribution in [0.5, 0.6) is 0 Å². The number of rotatable bonds is 7. The number of benzene rings is 1. The summed E-state index contributed by atoms with van der Waals surface area (Å²) in [5.41, 5.74) is 1.68. The van der Waals surface area contributed by atoms with Gasteiger partial charge in [-0.25, -0.2) is 9.38 Å². The van der Waals surface area contributed by atoms with E-state index in [4.69, 9.17) is 4.74 Å².